The Hall–Kier alpha value is -0.500. The highest BCUT2D eigenvalue weighted by molar-refractivity contribution is 6.34. The molecule has 3 heteroatoms. The summed E-state index contributed by atoms with van der Waals surface area (Å²) in [6, 6.07) is 0. The molecule has 0 aromatic carbocycles. The highest BCUT2D eigenvalue weighted by Gasteiger charge is 2.40. The number of alkyl halides is 1. The van der Waals surface area contributed by atoms with Gasteiger partial charge in [-0.1, -0.05) is 17.3 Å². The molecule has 2 nitrogen and oxygen atoms in total. The maximum atomic E-state index is 8.53. The molecule has 2 rings (SSSR count). The third kappa shape index (κ3) is 0.626. The van der Waals surface area contributed by atoms with Crippen LogP contribution in [0.1, 0.15) is 6.42 Å². The van der Waals surface area contributed by atoms with Crippen LogP contribution in [0, 0.1) is 11.8 Å². The molecule has 0 heterocycles. The molecule has 10 heavy (non-hydrogen) atoms. The zero-order valence-corrected chi connectivity index (χ0v) is 6.12. The number of rotatable bonds is 0. The van der Waals surface area contributed by atoms with E-state index in [0.717, 1.165) is 12.1 Å². The van der Waals surface area contributed by atoms with E-state index in [4.69, 9.17) is 16.8 Å². The molecule has 0 aromatic rings. The quantitative estimate of drug-likeness (QED) is 0.247. The van der Waals surface area contributed by atoms with Gasteiger partial charge in [-0.15, -0.1) is 11.6 Å². The topological polar surface area (TPSA) is 32.6 Å². The molecule has 0 saturated heterocycles. The van der Waals surface area contributed by atoms with E-state index in [0.29, 0.717) is 11.8 Å². The Bertz CT molecular complexity index is 212. The summed E-state index contributed by atoms with van der Waals surface area (Å²) in [4.78, 5) is 0. The van der Waals surface area contributed by atoms with Gasteiger partial charge in [0.15, 0.2) is 0 Å². The first-order valence-corrected chi connectivity index (χ1v) is 3.81. The number of nitrogens with zero attached hydrogens (tertiary/aromatic N) is 1. The van der Waals surface area contributed by atoms with Crippen LogP contribution in [0.4, 0.5) is 0 Å². The summed E-state index contributed by atoms with van der Waals surface area (Å²) in [6.07, 6.45) is 5.21. The summed E-state index contributed by atoms with van der Waals surface area (Å²) in [5, 5.41) is 11.7. The Kier molecular flexibility index (Phi) is 1.24. The van der Waals surface area contributed by atoms with Crippen molar-refractivity contribution in [1.29, 1.82) is 0 Å². The molecule has 0 amide bonds. The average molecular weight is 158 g/mol. The van der Waals surface area contributed by atoms with Gasteiger partial charge in [0.05, 0.1) is 11.1 Å². The van der Waals surface area contributed by atoms with E-state index < -0.39 is 0 Å². The van der Waals surface area contributed by atoms with Crippen molar-refractivity contribution < 1.29 is 5.21 Å². The molecule has 0 aliphatic heterocycles. The third-order valence-electron chi connectivity index (χ3n) is 2.27. The van der Waals surface area contributed by atoms with Crippen LogP contribution < -0.4 is 0 Å². The van der Waals surface area contributed by atoms with Crippen molar-refractivity contribution in [2.75, 3.05) is 0 Å². The van der Waals surface area contributed by atoms with Crippen LogP contribution in [0.2, 0.25) is 0 Å². The number of hydrogen-bond donors (Lipinski definition) is 1. The summed E-state index contributed by atoms with van der Waals surface area (Å²) in [5.41, 5.74) is 0.745. The Morgan fingerprint density at radius 2 is 2.40 bits per heavy atom. The highest BCUT2D eigenvalue weighted by Crippen LogP contribution is 2.39. The van der Waals surface area contributed by atoms with E-state index >= 15 is 0 Å². The van der Waals surface area contributed by atoms with Crippen molar-refractivity contribution in [1.82, 2.24) is 0 Å². The molecule has 3 unspecified atom stereocenters. The van der Waals surface area contributed by atoms with E-state index in [1.54, 1.807) is 0 Å². The van der Waals surface area contributed by atoms with E-state index in [1.165, 1.54) is 0 Å². The van der Waals surface area contributed by atoms with E-state index in [-0.39, 0.29) is 5.38 Å². The molecule has 0 radical (unpaired) electrons. The fourth-order valence-corrected chi connectivity index (χ4v) is 2.11. The van der Waals surface area contributed by atoms with Gasteiger partial charge in [0.25, 0.3) is 0 Å². The highest BCUT2D eigenvalue weighted by atomic mass is 35.5. The lowest BCUT2D eigenvalue weighted by Gasteiger charge is -2.10. The smallest absolute Gasteiger partial charge is 0.0823 e. The lowest BCUT2D eigenvalue weighted by atomic mass is 10.1. The van der Waals surface area contributed by atoms with Crippen molar-refractivity contribution in [2.24, 2.45) is 17.0 Å². The predicted molar refractivity (Wildman–Crippen MR) is 39.6 cm³/mol. The van der Waals surface area contributed by atoms with Crippen LogP contribution in [0.5, 0.6) is 0 Å². The van der Waals surface area contributed by atoms with E-state index in [1.807, 2.05) is 0 Å². The molecule has 2 aliphatic rings. The lowest BCUT2D eigenvalue weighted by molar-refractivity contribution is 0.316. The van der Waals surface area contributed by atoms with Crippen molar-refractivity contribution in [3.05, 3.63) is 12.2 Å². The van der Waals surface area contributed by atoms with Crippen LogP contribution in [0.25, 0.3) is 0 Å². The minimum absolute atomic E-state index is 0.0556. The summed E-state index contributed by atoms with van der Waals surface area (Å²) in [6.45, 7) is 0. The minimum atomic E-state index is -0.0556. The third-order valence-corrected chi connectivity index (χ3v) is 2.82. The number of fused-ring (bicyclic) bond motifs is 2. The molecule has 1 fully saturated rings. The van der Waals surface area contributed by atoms with Gasteiger partial charge in [0, 0.05) is 5.92 Å². The van der Waals surface area contributed by atoms with E-state index in [2.05, 4.69) is 17.3 Å². The van der Waals surface area contributed by atoms with Gasteiger partial charge in [-0.25, -0.2) is 0 Å². The first kappa shape index (κ1) is 6.23. The van der Waals surface area contributed by atoms with Gasteiger partial charge >= 0.3 is 0 Å². The van der Waals surface area contributed by atoms with Gasteiger partial charge in [-0.2, -0.15) is 0 Å². The second-order valence-corrected chi connectivity index (χ2v) is 3.29. The average Bonchev–Trinajstić information content (AvgIpc) is 2.46. The first-order chi connectivity index (χ1) is 4.83. The number of hydrogen-bond acceptors (Lipinski definition) is 2. The largest absolute Gasteiger partial charge is 0.411 e. The number of oxime groups is 1. The first-order valence-electron chi connectivity index (χ1n) is 3.37. The van der Waals surface area contributed by atoms with Gasteiger partial charge < -0.3 is 5.21 Å². The normalized spacial score (nSPS) is 47.3. The van der Waals surface area contributed by atoms with Crippen molar-refractivity contribution in [3.8, 4) is 0 Å². The van der Waals surface area contributed by atoms with Crippen LogP contribution in [0.3, 0.4) is 0 Å². The van der Waals surface area contributed by atoms with Crippen LogP contribution in [0.15, 0.2) is 17.3 Å². The molecular weight excluding hydrogens is 150 g/mol. The standard InChI is InChI=1S/C7H8ClNO/c8-6-4-1-2-5(3-4)7(6)9-10/h1-2,4-6,10H,3H2. The van der Waals surface area contributed by atoms with Crippen molar-refractivity contribution in [2.45, 2.75) is 11.8 Å². The maximum absolute atomic E-state index is 8.53. The SMILES string of the molecule is ON=C1C2C=CC(C2)C1Cl. The van der Waals surface area contributed by atoms with Crippen LogP contribution in [-0.2, 0) is 0 Å². The minimum Gasteiger partial charge on any atom is -0.411 e. The zero-order chi connectivity index (χ0) is 7.14. The molecule has 3 atom stereocenters. The zero-order valence-electron chi connectivity index (χ0n) is 5.37. The molecule has 54 valence electrons. The molecule has 0 spiro atoms. The fraction of sp³-hybridized carbons (Fsp3) is 0.571. The summed E-state index contributed by atoms with van der Waals surface area (Å²) < 4.78 is 0. The number of halogens is 1. The maximum Gasteiger partial charge on any atom is 0.0823 e. The Labute approximate surface area is 64.2 Å². The Balaban J connectivity index is 2.34. The van der Waals surface area contributed by atoms with Gasteiger partial charge in [0.1, 0.15) is 0 Å². The molecule has 2 aliphatic carbocycles. The van der Waals surface area contributed by atoms with Crippen LogP contribution in [-0.4, -0.2) is 16.3 Å². The van der Waals surface area contributed by atoms with Crippen LogP contribution >= 0.6 is 11.6 Å². The van der Waals surface area contributed by atoms with Gasteiger partial charge in [0.2, 0.25) is 0 Å². The fourth-order valence-electron chi connectivity index (χ4n) is 1.72. The second kappa shape index (κ2) is 1.99. The molecule has 1 N–H and O–H groups in total. The van der Waals surface area contributed by atoms with Gasteiger partial charge in [-0.05, 0) is 12.3 Å². The van der Waals surface area contributed by atoms with Gasteiger partial charge in [-0.3, -0.25) is 0 Å². The number of allylic oxidation sites excluding steroid dienone is 2. The summed E-state index contributed by atoms with van der Waals surface area (Å²) in [5.74, 6) is 0.732. The Morgan fingerprint density at radius 3 is 2.80 bits per heavy atom. The molecule has 2 bridgehead atoms. The Morgan fingerprint density at radius 1 is 1.60 bits per heavy atom. The van der Waals surface area contributed by atoms with Crippen molar-refractivity contribution in [3.63, 3.8) is 0 Å². The predicted octanol–water partition coefficient (Wildman–Crippen LogP) is 1.63. The lowest BCUT2D eigenvalue weighted by Crippen LogP contribution is -2.19. The second-order valence-electron chi connectivity index (χ2n) is 2.82. The van der Waals surface area contributed by atoms with E-state index in [9.17, 15) is 0 Å². The summed E-state index contributed by atoms with van der Waals surface area (Å²) in [7, 11) is 0. The summed E-state index contributed by atoms with van der Waals surface area (Å²) >= 11 is 5.93. The molecular formula is C7H8ClNO. The van der Waals surface area contributed by atoms with Crippen molar-refractivity contribution >= 4 is 17.3 Å². The molecule has 1 saturated carbocycles. The molecule has 0 aromatic heterocycles. The monoisotopic (exact) mass is 157 g/mol.